The van der Waals surface area contributed by atoms with E-state index in [4.69, 9.17) is 5.11 Å². The summed E-state index contributed by atoms with van der Waals surface area (Å²) in [5.41, 5.74) is 0. The molecule has 0 saturated heterocycles. The van der Waals surface area contributed by atoms with Gasteiger partial charge in [0, 0.05) is 0 Å². The third kappa shape index (κ3) is 11900. The molecule has 0 spiro atoms. The molecule has 4 heteroatoms. The summed E-state index contributed by atoms with van der Waals surface area (Å²) in [7, 11) is 12.5. The molecule has 0 rings (SSSR count). The molecule has 78 valence electrons. The lowest BCUT2D eigenvalue weighted by Crippen LogP contribution is -3.02. The second-order valence-electron chi connectivity index (χ2n) is 3.17. The fraction of sp³-hybridized carbons (Fsp3) is 0.750. The van der Waals surface area contributed by atoms with Gasteiger partial charge in [-0.2, -0.15) is 6.26 Å². The van der Waals surface area contributed by atoms with Crippen LogP contribution in [0.25, 0.3) is 0 Å². The highest BCUT2D eigenvalue weighted by Gasteiger charge is 1.61. The van der Waals surface area contributed by atoms with E-state index in [-0.39, 0.29) is 12.4 Å². The van der Waals surface area contributed by atoms with Gasteiger partial charge in [-0.05, 0) is 0 Å². The molecule has 0 aliphatic rings. The molecular weight excluding hydrogens is 176 g/mol. The van der Waals surface area contributed by atoms with Crippen molar-refractivity contribution >= 4 is 0 Å². The number of hydrogen-bond acceptors (Lipinski definition) is 1. The van der Waals surface area contributed by atoms with E-state index in [1.807, 2.05) is 0 Å². The van der Waals surface area contributed by atoms with Gasteiger partial charge in [-0.15, -0.1) is 6.58 Å². The molecule has 0 amide bonds. The number of rotatable bonds is 0. The Morgan fingerprint density at radius 3 is 0.917 bits per heavy atom. The Labute approximate surface area is 83.1 Å². The molecule has 0 aliphatic heterocycles. The minimum absolute atomic E-state index is 0. The van der Waals surface area contributed by atoms with Crippen LogP contribution in [0.5, 0.6) is 0 Å². The first-order valence-electron chi connectivity index (χ1n) is 3.64. The zero-order valence-electron chi connectivity index (χ0n) is 9.07. The summed E-state index contributed by atoms with van der Waals surface area (Å²) in [6.45, 7) is 2.81. The lowest BCUT2D eigenvalue weighted by Gasteiger charge is -1.88. The molecule has 12 heavy (non-hydrogen) atoms. The van der Waals surface area contributed by atoms with E-state index < -0.39 is 0 Å². The van der Waals surface area contributed by atoms with E-state index in [1.54, 1.807) is 0 Å². The van der Waals surface area contributed by atoms with Gasteiger partial charge in [0.2, 0.25) is 0 Å². The highest BCUT2D eigenvalue weighted by Crippen LogP contribution is 1.11. The molecular formula is C8H23ClN2O. The van der Waals surface area contributed by atoms with Gasteiger partial charge in [0.15, 0.2) is 0 Å². The molecule has 2 N–H and O–H groups in total. The Bertz CT molecular complexity index is 56.6. The van der Waals surface area contributed by atoms with E-state index in [0.717, 1.165) is 0 Å². The Morgan fingerprint density at radius 1 is 0.917 bits per heavy atom. The fourth-order valence-electron chi connectivity index (χ4n) is 0. The standard InChI is InChI=1S/2C3H9N.C2H4O.ClH/c2*1-4(2)3;1-2-3;/h2*1-3H3;2-3H,1H2;1H. The molecule has 0 saturated carbocycles. The molecule has 3 nitrogen and oxygen atoms in total. The highest BCUT2D eigenvalue weighted by atomic mass is 35.5. The van der Waals surface area contributed by atoms with Crippen molar-refractivity contribution in [2.45, 2.75) is 0 Å². The summed E-state index contributed by atoms with van der Waals surface area (Å²) < 4.78 is 0. The van der Waals surface area contributed by atoms with Crippen LogP contribution in [-0.2, 0) is 0 Å². The minimum atomic E-state index is 0. The van der Waals surface area contributed by atoms with E-state index >= 15 is 0 Å². The van der Waals surface area contributed by atoms with Crippen molar-refractivity contribution in [2.24, 2.45) is 0 Å². The molecule has 0 aromatic rings. The molecule has 0 bridgehead atoms. The summed E-state index contributed by atoms with van der Waals surface area (Å²) in [4.78, 5) is 2.83. The average molecular weight is 199 g/mol. The molecule has 0 fully saturated rings. The van der Waals surface area contributed by atoms with Gasteiger partial charge in [-0.25, -0.2) is 0 Å². The Hall–Kier alpha value is -0.250. The summed E-state index contributed by atoms with van der Waals surface area (Å²) in [5.74, 6) is 0. The summed E-state index contributed by atoms with van der Waals surface area (Å²) in [5, 5.41) is 8.69. The van der Waals surface area contributed by atoms with E-state index in [1.165, 1.54) is 9.80 Å². The first-order chi connectivity index (χ1) is 4.88. The maximum absolute atomic E-state index is 8.69. The van der Waals surface area contributed by atoms with Crippen LogP contribution in [0.3, 0.4) is 0 Å². The van der Waals surface area contributed by atoms with Crippen molar-refractivity contribution in [3.05, 3.63) is 12.8 Å². The number of halogens is 1. The Morgan fingerprint density at radius 2 is 0.917 bits per heavy atom. The lowest BCUT2D eigenvalue weighted by atomic mass is 11.0. The van der Waals surface area contributed by atoms with E-state index in [0.29, 0.717) is 6.26 Å². The number of nitrogens with one attached hydrogen (secondary N) is 2. The predicted molar refractivity (Wildman–Crippen MR) is 47.7 cm³/mol. The smallest absolute Gasteiger partial charge is 0.0661 e. The second kappa shape index (κ2) is 22.4. The third-order valence-corrected chi connectivity index (χ3v) is 0. The summed E-state index contributed by atoms with van der Waals surface area (Å²) in [6, 6.07) is 0. The van der Waals surface area contributed by atoms with Crippen LogP contribution >= 0.6 is 0 Å². The topological polar surface area (TPSA) is 31.9 Å². The van der Waals surface area contributed by atoms with Crippen molar-refractivity contribution in [2.75, 3.05) is 42.3 Å². The second-order valence-corrected chi connectivity index (χ2v) is 3.17. The number of hydrogen-bond donors (Lipinski definition) is 2. The largest absolute Gasteiger partial charge is 1.00 e. The highest BCUT2D eigenvalue weighted by molar-refractivity contribution is 4.34. The van der Waals surface area contributed by atoms with Crippen LogP contribution in [0.1, 0.15) is 0 Å². The summed E-state index contributed by atoms with van der Waals surface area (Å²) in [6.07, 6.45) is 0.500. The zero-order chi connectivity index (χ0) is 9.86. The van der Waals surface area contributed by atoms with Crippen LogP contribution in [0.2, 0.25) is 0 Å². The van der Waals surface area contributed by atoms with Gasteiger partial charge < -0.3 is 27.3 Å². The van der Waals surface area contributed by atoms with Crippen molar-refractivity contribution < 1.29 is 27.3 Å². The van der Waals surface area contributed by atoms with Crippen LogP contribution in [0, 0.1) is 0 Å². The zero-order valence-corrected chi connectivity index (χ0v) is 9.83. The Kier molecular flexibility index (Phi) is 42.3. The SMILES string of the molecule is C=C[O-].C[NH+](C)C.C[NH+](C)C.[Cl-]. The molecule has 0 radical (unpaired) electrons. The molecule has 0 atom stereocenters. The molecule has 0 aromatic heterocycles. The number of quaternary nitrogens is 2. The first kappa shape index (κ1) is 22.6. The first-order valence-corrected chi connectivity index (χ1v) is 3.64. The van der Waals surface area contributed by atoms with Crippen molar-refractivity contribution in [3.8, 4) is 0 Å². The average Bonchev–Trinajstić information content (AvgIpc) is 1.60. The van der Waals surface area contributed by atoms with E-state index in [2.05, 4.69) is 48.9 Å². The third-order valence-electron chi connectivity index (χ3n) is 0. The summed E-state index contributed by atoms with van der Waals surface area (Å²) >= 11 is 0. The monoisotopic (exact) mass is 198 g/mol. The van der Waals surface area contributed by atoms with Gasteiger partial charge in [0.1, 0.15) is 0 Å². The van der Waals surface area contributed by atoms with Crippen molar-refractivity contribution in [3.63, 3.8) is 0 Å². The lowest BCUT2D eigenvalue weighted by molar-refractivity contribution is -0.836. The molecule has 0 heterocycles. The fourth-order valence-corrected chi connectivity index (χ4v) is 0. The van der Waals surface area contributed by atoms with Crippen LogP contribution in [0.4, 0.5) is 0 Å². The quantitative estimate of drug-likeness (QED) is 0.374. The van der Waals surface area contributed by atoms with Crippen LogP contribution in [-0.4, -0.2) is 42.3 Å². The van der Waals surface area contributed by atoms with Crippen LogP contribution < -0.4 is 27.3 Å². The molecule has 0 aromatic carbocycles. The van der Waals surface area contributed by atoms with Gasteiger partial charge in [-0.3, -0.25) is 0 Å². The molecule has 0 aliphatic carbocycles. The normalized spacial score (nSPS) is 7.00. The van der Waals surface area contributed by atoms with E-state index in [9.17, 15) is 0 Å². The minimum Gasteiger partial charge on any atom is -1.00 e. The van der Waals surface area contributed by atoms with Gasteiger partial charge in [0.25, 0.3) is 0 Å². The molecule has 0 unspecified atom stereocenters. The maximum atomic E-state index is 8.69. The van der Waals surface area contributed by atoms with Crippen LogP contribution in [0.15, 0.2) is 12.8 Å². The Balaban J connectivity index is -0.0000000389. The van der Waals surface area contributed by atoms with Crippen molar-refractivity contribution in [1.29, 1.82) is 0 Å². The van der Waals surface area contributed by atoms with Gasteiger partial charge >= 0.3 is 0 Å². The van der Waals surface area contributed by atoms with Gasteiger partial charge in [-0.1, -0.05) is 0 Å². The predicted octanol–water partition coefficient (Wildman–Crippen LogP) is -5.98. The maximum Gasteiger partial charge on any atom is 0.0661 e. The van der Waals surface area contributed by atoms with Gasteiger partial charge in [0.05, 0.1) is 42.3 Å². The van der Waals surface area contributed by atoms with Crippen molar-refractivity contribution in [1.82, 2.24) is 0 Å².